The summed E-state index contributed by atoms with van der Waals surface area (Å²) in [6.07, 6.45) is -0.0564. The Kier molecular flexibility index (Phi) is 5.88. The van der Waals surface area contributed by atoms with Gasteiger partial charge in [-0.3, -0.25) is 4.79 Å². The van der Waals surface area contributed by atoms with Crippen molar-refractivity contribution in [2.45, 2.75) is 13.3 Å². The normalized spacial score (nSPS) is 11.1. The largest absolute Gasteiger partial charge is 0.497 e. The number of rotatable bonds is 7. The standard InChI is InChI=1S/C25H24N6O5/c1-14-22(15-6-11-19(34-3)20(12-15)35-4)24-27-26-23-18(13-21(32)36-5)29-30(25(23)31(24)28-14)16-7-9-17(33-2)10-8-16/h6-12H,13H2,1-5H3. The fourth-order valence-electron chi connectivity index (χ4n) is 4.15. The van der Waals surface area contributed by atoms with E-state index in [1.165, 1.54) is 7.11 Å². The number of methoxy groups -OCH3 is 4. The summed E-state index contributed by atoms with van der Waals surface area (Å²) in [5, 5.41) is 18.4. The Morgan fingerprint density at radius 1 is 0.889 bits per heavy atom. The van der Waals surface area contributed by atoms with Gasteiger partial charge in [0.2, 0.25) is 0 Å². The molecule has 0 saturated heterocycles. The molecular weight excluding hydrogens is 464 g/mol. The minimum absolute atomic E-state index is 0.0564. The number of benzene rings is 2. The summed E-state index contributed by atoms with van der Waals surface area (Å²) in [5.41, 5.74) is 5.10. The Morgan fingerprint density at radius 3 is 2.31 bits per heavy atom. The predicted molar refractivity (Wildman–Crippen MR) is 131 cm³/mol. The van der Waals surface area contributed by atoms with Gasteiger partial charge < -0.3 is 18.9 Å². The van der Waals surface area contributed by atoms with E-state index < -0.39 is 5.97 Å². The predicted octanol–water partition coefficient (Wildman–Crippen LogP) is 3.18. The Hall–Kier alpha value is -4.67. The molecule has 3 aromatic heterocycles. The second kappa shape index (κ2) is 9.17. The summed E-state index contributed by atoms with van der Waals surface area (Å²) in [6.45, 7) is 1.90. The molecule has 0 bridgehead atoms. The fourth-order valence-corrected chi connectivity index (χ4v) is 4.15. The lowest BCUT2D eigenvalue weighted by molar-refractivity contribution is -0.139. The van der Waals surface area contributed by atoms with Crippen LogP contribution in [0.25, 0.3) is 33.6 Å². The highest BCUT2D eigenvalue weighted by atomic mass is 16.5. The molecule has 0 aliphatic heterocycles. The number of ether oxygens (including phenoxy) is 4. The number of aryl methyl sites for hydroxylation is 1. The van der Waals surface area contributed by atoms with Crippen LogP contribution in [0, 0.1) is 6.92 Å². The number of carbonyl (C=O) groups excluding carboxylic acids is 1. The van der Waals surface area contributed by atoms with Crippen molar-refractivity contribution < 1.29 is 23.7 Å². The average Bonchev–Trinajstić information content (AvgIpc) is 3.45. The molecule has 11 nitrogen and oxygen atoms in total. The second-order valence-corrected chi connectivity index (χ2v) is 7.95. The maximum Gasteiger partial charge on any atom is 0.311 e. The third kappa shape index (κ3) is 3.74. The fraction of sp³-hybridized carbons (Fsp3) is 0.240. The number of carbonyl (C=O) groups is 1. The van der Waals surface area contributed by atoms with Crippen molar-refractivity contribution in [1.82, 2.24) is 29.6 Å². The zero-order valence-electron chi connectivity index (χ0n) is 20.5. The number of nitrogens with zero attached hydrogens (tertiary/aromatic N) is 6. The van der Waals surface area contributed by atoms with E-state index >= 15 is 0 Å². The summed E-state index contributed by atoms with van der Waals surface area (Å²) in [6, 6.07) is 13.0. The monoisotopic (exact) mass is 488 g/mol. The van der Waals surface area contributed by atoms with Crippen molar-refractivity contribution in [1.29, 1.82) is 0 Å². The Bertz CT molecular complexity index is 1590. The van der Waals surface area contributed by atoms with Gasteiger partial charge in [-0.1, -0.05) is 6.07 Å². The molecule has 2 aromatic carbocycles. The van der Waals surface area contributed by atoms with E-state index in [1.807, 2.05) is 49.4 Å². The van der Waals surface area contributed by atoms with E-state index in [4.69, 9.17) is 29.1 Å². The summed E-state index contributed by atoms with van der Waals surface area (Å²) >= 11 is 0. The van der Waals surface area contributed by atoms with Crippen molar-refractivity contribution in [3.05, 3.63) is 53.9 Å². The van der Waals surface area contributed by atoms with E-state index in [0.717, 1.165) is 22.5 Å². The molecule has 5 aromatic rings. The highest BCUT2D eigenvalue weighted by Crippen LogP contribution is 2.36. The van der Waals surface area contributed by atoms with Gasteiger partial charge >= 0.3 is 5.97 Å². The smallest absolute Gasteiger partial charge is 0.311 e. The minimum atomic E-state index is -0.430. The molecule has 0 amide bonds. The van der Waals surface area contributed by atoms with Gasteiger partial charge in [0.05, 0.1) is 51.8 Å². The molecule has 11 heteroatoms. The molecule has 0 unspecified atom stereocenters. The number of fused-ring (bicyclic) bond motifs is 3. The molecular formula is C25H24N6O5. The van der Waals surface area contributed by atoms with Crippen LogP contribution in [0.4, 0.5) is 0 Å². The van der Waals surface area contributed by atoms with E-state index in [1.54, 1.807) is 30.5 Å². The third-order valence-electron chi connectivity index (χ3n) is 5.92. The van der Waals surface area contributed by atoms with Crippen molar-refractivity contribution in [2.75, 3.05) is 28.4 Å². The third-order valence-corrected chi connectivity index (χ3v) is 5.92. The van der Waals surface area contributed by atoms with Crippen LogP contribution in [0.3, 0.4) is 0 Å². The highest BCUT2D eigenvalue weighted by molar-refractivity contribution is 5.87. The van der Waals surface area contributed by atoms with Crippen LogP contribution in [-0.2, 0) is 16.0 Å². The molecule has 0 aliphatic rings. The average molecular weight is 489 g/mol. The zero-order chi connectivity index (χ0) is 25.4. The highest BCUT2D eigenvalue weighted by Gasteiger charge is 2.24. The topological polar surface area (TPSA) is 115 Å². The first-order valence-electron chi connectivity index (χ1n) is 11.1. The molecule has 0 radical (unpaired) electrons. The zero-order valence-corrected chi connectivity index (χ0v) is 20.5. The summed E-state index contributed by atoms with van der Waals surface area (Å²) in [7, 11) is 6.12. The van der Waals surface area contributed by atoms with Crippen molar-refractivity contribution in [2.24, 2.45) is 0 Å². The van der Waals surface area contributed by atoms with Gasteiger partial charge in [0.25, 0.3) is 0 Å². The van der Waals surface area contributed by atoms with Gasteiger partial charge in [-0.05, 0) is 48.9 Å². The molecule has 0 saturated carbocycles. The summed E-state index contributed by atoms with van der Waals surface area (Å²) < 4.78 is 24.4. The molecule has 0 aliphatic carbocycles. The van der Waals surface area contributed by atoms with Crippen LogP contribution < -0.4 is 14.2 Å². The lowest BCUT2D eigenvalue weighted by Gasteiger charge is -2.09. The molecule has 0 spiro atoms. The van der Waals surface area contributed by atoms with E-state index in [-0.39, 0.29) is 6.42 Å². The molecule has 0 N–H and O–H groups in total. The van der Waals surface area contributed by atoms with Gasteiger partial charge in [0, 0.05) is 0 Å². The first-order valence-corrected chi connectivity index (χ1v) is 11.1. The van der Waals surface area contributed by atoms with Gasteiger partial charge in [-0.25, -0.2) is 4.68 Å². The lowest BCUT2D eigenvalue weighted by atomic mass is 10.1. The number of hydrogen-bond donors (Lipinski definition) is 0. The van der Waals surface area contributed by atoms with Gasteiger partial charge in [-0.2, -0.15) is 14.7 Å². The Balaban J connectivity index is 1.78. The van der Waals surface area contributed by atoms with Crippen LogP contribution in [0.15, 0.2) is 42.5 Å². The first-order chi connectivity index (χ1) is 17.5. The second-order valence-electron chi connectivity index (χ2n) is 7.95. The maximum atomic E-state index is 12.1. The van der Waals surface area contributed by atoms with E-state index in [0.29, 0.717) is 39.8 Å². The number of esters is 1. The Labute approximate surface area is 206 Å². The molecule has 36 heavy (non-hydrogen) atoms. The van der Waals surface area contributed by atoms with Crippen LogP contribution in [0.5, 0.6) is 17.2 Å². The molecule has 3 heterocycles. The SMILES string of the molecule is COC(=O)Cc1nn(-c2ccc(OC)cc2)c2c1nnc1c(-c3ccc(OC)c(OC)c3)c(C)nn12. The van der Waals surface area contributed by atoms with Crippen molar-refractivity contribution in [3.8, 4) is 34.1 Å². The number of hydrogen-bond acceptors (Lipinski definition) is 9. The van der Waals surface area contributed by atoms with Crippen molar-refractivity contribution >= 4 is 22.8 Å². The maximum absolute atomic E-state index is 12.1. The molecule has 0 fully saturated rings. The van der Waals surface area contributed by atoms with E-state index in [9.17, 15) is 4.79 Å². The van der Waals surface area contributed by atoms with Crippen LogP contribution in [0.1, 0.15) is 11.4 Å². The molecule has 184 valence electrons. The summed E-state index contributed by atoms with van der Waals surface area (Å²) in [5.74, 6) is 1.49. The Morgan fingerprint density at radius 2 is 1.64 bits per heavy atom. The van der Waals surface area contributed by atoms with Gasteiger partial charge in [0.1, 0.15) is 11.4 Å². The van der Waals surface area contributed by atoms with Crippen LogP contribution in [0.2, 0.25) is 0 Å². The van der Waals surface area contributed by atoms with E-state index in [2.05, 4.69) is 10.2 Å². The van der Waals surface area contributed by atoms with Crippen LogP contribution in [-0.4, -0.2) is 64.0 Å². The van der Waals surface area contributed by atoms with Gasteiger partial charge in [-0.15, -0.1) is 10.2 Å². The van der Waals surface area contributed by atoms with Crippen molar-refractivity contribution in [3.63, 3.8) is 0 Å². The van der Waals surface area contributed by atoms with Crippen LogP contribution >= 0.6 is 0 Å². The lowest BCUT2D eigenvalue weighted by Crippen LogP contribution is -2.06. The van der Waals surface area contributed by atoms with Gasteiger partial charge in [0.15, 0.2) is 28.3 Å². The molecule has 5 rings (SSSR count). The first kappa shape index (κ1) is 23.1. The molecule has 0 atom stereocenters. The quantitative estimate of drug-likeness (QED) is 0.319. The minimum Gasteiger partial charge on any atom is -0.497 e. The summed E-state index contributed by atoms with van der Waals surface area (Å²) in [4.78, 5) is 12.1. The number of aromatic nitrogens is 6.